The molecular formula is C15H19N3O3. The maximum atomic E-state index is 12.5. The van der Waals surface area contributed by atoms with Gasteiger partial charge in [0.2, 0.25) is 0 Å². The van der Waals surface area contributed by atoms with E-state index in [1.807, 2.05) is 25.1 Å². The van der Waals surface area contributed by atoms with E-state index in [0.717, 1.165) is 5.69 Å². The minimum atomic E-state index is -0.0263. The first-order chi connectivity index (χ1) is 10.2. The molecule has 112 valence electrons. The molecule has 1 unspecified atom stereocenters. The van der Waals surface area contributed by atoms with Crippen LogP contribution in [0.15, 0.2) is 29.2 Å². The van der Waals surface area contributed by atoms with E-state index in [1.54, 1.807) is 10.7 Å². The molecule has 1 amide bonds. The van der Waals surface area contributed by atoms with Crippen LogP contribution in [0.1, 0.15) is 34.5 Å². The molecule has 0 aliphatic carbocycles. The summed E-state index contributed by atoms with van der Waals surface area (Å²) >= 11 is 0. The van der Waals surface area contributed by atoms with E-state index in [4.69, 9.17) is 9.15 Å². The molecule has 2 aromatic rings. The lowest BCUT2D eigenvalue weighted by Crippen LogP contribution is -2.39. The van der Waals surface area contributed by atoms with Gasteiger partial charge in [-0.05, 0) is 13.0 Å². The Kier molecular flexibility index (Phi) is 3.79. The number of aromatic nitrogens is 2. The molecule has 0 saturated heterocycles. The van der Waals surface area contributed by atoms with Crippen molar-refractivity contribution in [2.45, 2.75) is 19.4 Å². The monoisotopic (exact) mass is 289 g/mol. The van der Waals surface area contributed by atoms with Crippen molar-refractivity contribution in [3.8, 4) is 0 Å². The molecule has 0 radical (unpaired) electrons. The number of fused-ring (bicyclic) bond motifs is 1. The van der Waals surface area contributed by atoms with Crippen molar-refractivity contribution in [3.05, 3.63) is 41.6 Å². The number of ether oxygens (including phenoxy) is 1. The summed E-state index contributed by atoms with van der Waals surface area (Å²) in [4.78, 5) is 14.3. The van der Waals surface area contributed by atoms with Gasteiger partial charge in [0.1, 0.15) is 6.26 Å². The van der Waals surface area contributed by atoms with Gasteiger partial charge in [-0.1, -0.05) is 0 Å². The summed E-state index contributed by atoms with van der Waals surface area (Å²) in [6.45, 7) is 4.42. The Morgan fingerprint density at radius 1 is 1.57 bits per heavy atom. The topological polar surface area (TPSA) is 60.5 Å². The van der Waals surface area contributed by atoms with Gasteiger partial charge < -0.3 is 14.1 Å². The molecule has 3 heterocycles. The zero-order valence-electron chi connectivity index (χ0n) is 12.3. The summed E-state index contributed by atoms with van der Waals surface area (Å²) in [5, 5.41) is 4.47. The highest BCUT2D eigenvalue weighted by atomic mass is 16.5. The third-order valence-corrected chi connectivity index (χ3v) is 3.74. The van der Waals surface area contributed by atoms with E-state index in [1.165, 1.54) is 18.1 Å². The lowest BCUT2D eigenvalue weighted by atomic mass is 9.95. The number of hydrogen-bond donors (Lipinski definition) is 0. The van der Waals surface area contributed by atoms with Gasteiger partial charge in [0.25, 0.3) is 5.91 Å². The summed E-state index contributed by atoms with van der Waals surface area (Å²) in [7, 11) is 1.90. The summed E-state index contributed by atoms with van der Waals surface area (Å²) < 4.78 is 12.4. The van der Waals surface area contributed by atoms with Crippen LogP contribution in [0, 0.1) is 0 Å². The van der Waals surface area contributed by atoms with Gasteiger partial charge in [0, 0.05) is 37.9 Å². The smallest absolute Gasteiger partial charge is 0.257 e. The number of carbonyl (C=O) groups is 1. The number of rotatable bonds is 4. The fourth-order valence-electron chi connectivity index (χ4n) is 2.75. The van der Waals surface area contributed by atoms with Gasteiger partial charge >= 0.3 is 0 Å². The van der Waals surface area contributed by atoms with Crippen LogP contribution in [0.2, 0.25) is 0 Å². The normalized spacial score (nSPS) is 17.8. The van der Waals surface area contributed by atoms with Crippen molar-refractivity contribution in [3.63, 3.8) is 0 Å². The Labute approximate surface area is 123 Å². The minimum absolute atomic E-state index is 0.0263. The van der Waals surface area contributed by atoms with Crippen molar-refractivity contribution in [2.75, 3.05) is 19.8 Å². The first-order valence-electron chi connectivity index (χ1n) is 7.10. The van der Waals surface area contributed by atoms with E-state index in [-0.39, 0.29) is 11.8 Å². The van der Waals surface area contributed by atoms with Crippen LogP contribution in [-0.2, 0) is 18.3 Å². The molecule has 1 aliphatic heterocycles. The summed E-state index contributed by atoms with van der Waals surface area (Å²) in [5.74, 6) is 0.139. The Bertz CT molecular complexity index is 618. The van der Waals surface area contributed by atoms with Crippen LogP contribution in [-0.4, -0.2) is 40.3 Å². The Morgan fingerprint density at radius 2 is 2.43 bits per heavy atom. The first-order valence-corrected chi connectivity index (χ1v) is 7.10. The second-order valence-electron chi connectivity index (χ2n) is 5.26. The van der Waals surface area contributed by atoms with Gasteiger partial charge in [0.15, 0.2) is 0 Å². The van der Waals surface area contributed by atoms with Crippen LogP contribution in [0.4, 0.5) is 0 Å². The van der Waals surface area contributed by atoms with Crippen LogP contribution in [0.3, 0.4) is 0 Å². The maximum Gasteiger partial charge on any atom is 0.257 e. The van der Waals surface area contributed by atoms with Gasteiger partial charge in [-0.3, -0.25) is 9.48 Å². The van der Waals surface area contributed by atoms with Gasteiger partial charge in [-0.15, -0.1) is 0 Å². The molecule has 21 heavy (non-hydrogen) atoms. The van der Waals surface area contributed by atoms with Crippen molar-refractivity contribution in [1.29, 1.82) is 0 Å². The van der Waals surface area contributed by atoms with Crippen molar-refractivity contribution < 1.29 is 13.9 Å². The number of nitrogens with zero attached hydrogens (tertiary/aromatic N) is 3. The zero-order chi connectivity index (χ0) is 14.8. The van der Waals surface area contributed by atoms with Crippen molar-refractivity contribution >= 4 is 5.91 Å². The molecule has 6 heteroatoms. The number of furan rings is 1. The van der Waals surface area contributed by atoms with E-state index in [9.17, 15) is 4.79 Å². The molecule has 0 fully saturated rings. The van der Waals surface area contributed by atoms with Crippen molar-refractivity contribution in [1.82, 2.24) is 14.7 Å². The van der Waals surface area contributed by atoms with E-state index in [0.29, 0.717) is 31.9 Å². The van der Waals surface area contributed by atoms with Crippen molar-refractivity contribution in [2.24, 2.45) is 7.05 Å². The zero-order valence-corrected chi connectivity index (χ0v) is 12.3. The predicted molar refractivity (Wildman–Crippen MR) is 75.9 cm³/mol. The number of amides is 1. The largest absolute Gasteiger partial charge is 0.472 e. The molecule has 0 saturated carbocycles. The highest BCUT2D eigenvalue weighted by Crippen LogP contribution is 2.28. The number of carbonyl (C=O) groups excluding carboxylic acids is 1. The third kappa shape index (κ3) is 2.71. The van der Waals surface area contributed by atoms with Crippen LogP contribution in [0.5, 0.6) is 0 Å². The summed E-state index contributed by atoms with van der Waals surface area (Å²) in [6, 6.07) is 1.69. The second-order valence-corrected chi connectivity index (χ2v) is 5.26. The van der Waals surface area contributed by atoms with E-state index >= 15 is 0 Å². The molecule has 6 nitrogen and oxygen atoms in total. The van der Waals surface area contributed by atoms with E-state index in [2.05, 4.69) is 5.10 Å². The predicted octanol–water partition coefficient (Wildman–Crippen LogP) is 1.79. The molecule has 1 aliphatic rings. The number of hydrogen-bond acceptors (Lipinski definition) is 4. The lowest BCUT2D eigenvalue weighted by Gasteiger charge is -2.31. The Morgan fingerprint density at radius 3 is 3.14 bits per heavy atom. The average molecular weight is 289 g/mol. The lowest BCUT2D eigenvalue weighted by molar-refractivity contribution is 0.0651. The second kappa shape index (κ2) is 5.73. The first kappa shape index (κ1) is 13.9. The summed E-state index contributed by atoms with van der Waals surface area (Å²) in [6.07, 6.45) is 5.02. The Balaban J connectivity index is 1.84. The van der Waals surface area contributed by atoms with Gasteiger partial charge in [-0.2, -0.15) is 5.10 Å². The number of aryl methyl sites for hydroxylation is 1. The molecule has 0 aromatic carbocycles. The van der Waals surface area contributed by atoms with Gasteiger partial charge in [0.05, 0.1) is 30.7 Å². The van der Waals surface area contributed by atoms with Crippen LogP contribution in [0.25, 0.3) is 0 Å². The molecule has 2 aromatic heterocycles. The molecule has 1 atom stereocenters. The van der Waals surface area contributed by atoms with Gasteiger partial charge in [-0.25, -0.2) is 0 Å². The van der Waals surface area contributed by atoms with Crippen LogP contribution < -0.4 is 0 Å². The fraction of sp³-hybridized carbons (Fsp3) is 0.467. The highest BCUT2D eigenvalue weighted by Gasteiger charge is 2.31. The SMILES string of the molecule is CCOCC1CN(C(=O)c2ccoc2)Cc2nn(C)cc21. The molecule has 0 spiro atoms. The average Bonchev–Trinajstić information content (AvgIpc) is 3.11. The third-order valence-electron chi connectivity index (χ3n) is 3.74. The minimum Gasteiger partial charge on any atom is -0.472 e. The molecule has 0 bridgehead atoms. The van der Waals surface area contributed by atoms with E-state index < -0.39 is 0 Å². The quantitative estimate of drug-likeness (QED) is 0.861. The molecule has 0 N–H and O–H groups in total. The fourth-order valence-corrected chi connectivity index (χ4v) is 2.75. The summed E-state index contributed by atoms with van der Waals surface area (Å²) in [5.41, 5.74) is 2.71. The molecular weight excluding hydrogens is 270 g/mol. The Hall–Kier alpha value is -2.08. The molecule has 3 rings (SSSR count). The maximum absolute atomic E-state index is 12.5. The van der Waals surface area contributed by atoms with Crippen LogP contribution >= 0.6 is 0 Å². The highest BCUT2D eigenvalue weighted by molar-refractivity contribution is 5.94. The standard InChI is InChI=1S/C15H19N3O3/c1-3-20-10-12-6-18(15(19)11-4-5-21-9-11)8-14-13(12)7-17(2)16-14/h4-5,7,9,12H,3,6,8,10H2,1-2H3.